The quantitative estimate of drug-likeness (QED) is 0.468. The number of carbonyl (C=O) groups is 1. The molecule has 0 amide bonds. The van der Waals surface area contributed by atoms with Crippen molar-refractivity contribution >= 4 is 18.0 Å². The maximum atomic E-state index is 11.9. The van der Waals surface area contributed by atoms with Crippen molar-refractivity contribution in [1.82, 2.24) is 9.47 Å². The van der Waals surface area contributed by atoms with Gasteiger partial charge in [-0.1, -0.05) is 6.92 Å². The molecule has 0 saturated heterocycles. The van der Waals surface area contributed by atoms with E-state index in [1.165, 1.54) is 7.11 Å². The van der Waals surface area contributed by atoms with Crippen molar-refractivity contribution in [2.45, 2.75) is 13.3 Å². The third kappa shape index (κ3) is 2.76. The van der Waals surface area contributed by atoms with Gasteiger partial charge in [0.1, 0.15) is 11.8 Å². The second-order valence-electron chi connectivity index (χ2n) is 4.24. The van der Waals surface area contributed by atoms with E-state index >= 15 is 0 Å². The first-order valence-corrected chi connectivity index (χ1v) is 5.88. The molecule has 0 bridgehead atoms. The number of hydrogen-bond acceptors (Lipinski definition) is 4. The standard InChI is InChI=1S/C13H18N4O2/c1-6-10-9(7-14)11(15-8-16(2)3)12(17(10)4)13(18)19-5/h8H,6H2,1-5H3/b15-8+. The predicted molar refractivity (Wildman–Crippen MR) is 72.7 cm³/mol. The van der Waals surface area contributed by atoms with Crippen LogP contribution in [0.15, 0.2) is 4.99 Å². The van der Waals surface area contributed by atoms with E-state index in [1.54, 1.807) is 22.9 Å². The fraction of sp³-hybridized carbons (Fsp3) is 0.462. The summed E-state index contributed by atoms with van der Waals surface area (Å²) in [5.74, 6) is -0.496. The van der Waals surface area contributed by atoms with Crippen molar-refractivity contribution in [1.29, 1.82) is 5.26 Å². The largest absolute Gasteiger partial charge is 0.464 e. The maximum absolute atomic E-state index is 11.9. The smallest absolute Gasteiger partial charge is 0.356 e. The summed E-state index contributed by atoms with van der Waals surface area (Å²) < 4.78 is 6.44. The number of hydrogen-bond donors (Lipinski definition) is 0. The zero-order valence-corrected chi connectivity index (χ0v) is 11.9. The molecule has 1 aromatic rings. The van der Waals surface area contributed by atoms with Crippen LogP contribution in [-0.2, 0) is 18.2 Å². The van der Waals surface area contributed by atoms with Crippen molar-refractivity contribution in [3.63, 3.8) is 0 Å². The highest BCUT2D eigenvalue weighted by Gasteiger charge is 2.25. The number of rotatable bonds is 4. The first-order chi connectivity index (χ1) is 8.97. The van der Waals surface area contributed by atoms with Crippen LogP contribution in [0.4, 0.5) is 5.69 Å². The van der Waals surface area contributed by atoms with Crippen LogP contribution in [0.2, 0.25) is 0 Å². The molecule has 0 saturated carbocycles. The number of ether oxygens (including phenoxy) is 1. The lowest BCUT2D eigenvalue weighted by Gasteiger charge is -2.05. The van der Waals surface area contributed by atoms with Gasteiger partial charge in [-0.2, -0.15) is 5.26 Å². The molecule has 0 fully saturated rings. The molecule has 0 aliphatic rings. The monoisotopic (exact) mass is 262 g/mol. The highest BCUT2D eigenvalue weighted by molar-refractivity contribution is 5.96. The number of aromatic nitrogens is 1. The van der Waals surface area contributed by atoms with Gasteiger partial charge in [0.25, 0.3) is 0 Å². The first kappa shape index (κ1) is 14.8. The summed E-state index contributed by atoms with van der Waals surface area (Å²) in [5.41, 5.74) is 1.86. The summed E-state index contributed by atoms with van der Waals surface area (Å²) in [7, 11) is 6.68. The van der Waals surface area contributed by atoms with Crippen molar-refractivity contribution < 1.29 is 9.53 Å². The minimum absolute atomic E-state index is 0.300. The Labute approximate surface area is 112 Å². The zero-order valence-electron chi connectivity index (χ0n) is 11.9. The molecule has 1 rings (SSSR count). The van der Waals surface area contributed by atoms with Gasteiger partial charge < -0.3 is 14.2 Å². The SMILES string of the molecule is CCc1c(C#N)c(/N=C/N(C)C)c(C(=O)OC)n1C. The predicted octanol–water partition coefficient (Wildman–Crippen LogP) is 1.47. The molecule has 0 N–H and O–H groups in total. The Hall–Kier alpha value is -2.29. The maximum Gasteiger partial charge on any atom is 0.356 e. The summed E-state index contributed by atoms with van der Waals surface area (Å²) in [5, 5.41) is 9.28. The summed E-state index contributed by atoms with van der Waals surface area (Å²) in [4.78, 5) is 17.8. The Morgan fingerprint density at radius 2 is 2.21 bits per heavy atom. The molecule has 19 heavy (non-hydrogen) atoms. The number of nitriles is 1. The van der Waals surface area contributed by atoms with Crippen LogP contribution in [0, 0.1) is 11.3 Å². The molecule has 6 heteroatoms. The van der Waals surface area contributed by atoms with E-state index in [2.05, 4.69) is 11.1 Å². The second kappa shape index (κ2) is 6.05. The van der Waals surface area contributed by atoms with E-state index in [0.717, 1.165) is 5.69 Å². The molecule has 102 valence electrons. The van der Waals surface area contributed by atoms with Crippen LogP contribution in [-0.4, -0.2) is 43.0 Å². The van der Waals surface area contributed by atoms with Gasteiger partial charge in [-0.25, -0.2) is 9.79 Å². The minimum Gasteiger partial charge on any atom is -0.464 e. The Kier molecular flexibility index (Phi) is 4.70. The topological polar surface area (TPSA) is 70.6 Å². The van der Waals surface area contributed by atoms with E-state index in [1.807, 2.05) is 21.0 Å². The Morgan fingerprint density at radius 3 is 2.63 bits per heavy atom. The molecule has 0 unspecified atom stereocenters. The van der Waals surface area contributed by atoms with Gasteiger partial charge in [0.2, 0.25) is 0 Å². The van der Waals surface area contributed by atoms with Crippen molar-refractivity contribution in [3.05, 3.63) is 17.0 Å². The molecule has 1 heterocycles. The van der Waals surface area contributed by atoms with Crippen LogP contribution >= 0.6 is 0 Å². The Morgan fingerprint density at radius 1 is 1.58 bits per heavy atom. The molecule has 0 aliphatic carbocycles. The lowest BCUT2D eigenvalue weighted by Crippen LogP contribution is -2.10. The Bertz CT molecular complexity index is 550. The lowest BCUT2D eigenvalue weighted by molar-refractivity contribution is 0.0590. The Balaban J connectivity index is 3.56. The van der Waals surface area contributed by atoms with E-state index < -0.39 is 5.97 Å². The first-order valence-electron chi connectivity index (χ1n) is 5.88. The van der Waals surface area contributed by atoms with E-state index in [-0.39, 0.29) is 0 Å². The molecule has 0 spiro atoms. The molecule has 0 aliphatic heterocycles. The fourth-order valence-corrected chi connectivity index (χ4v) is 1.88. The fourth-order valence-electron chi connectivity index (χ4n) is 1.88. The molecule has 0 atom stereocenters. The molecular formula is C13H18N4O2. The van der Waals surface area contributed by atoms with E-state index in [0.29, 0.717) is 23.4 Å². The number of methoxy groups -OCH3 is 1. The molecule has 1 aromatic heterocycles. The van der Waals surface area contributed by atoms with Crippen LogP contribution in [0.25, 0.3) is 0 Å². The minimum atomic E-state index is -0.496. The normalized spacial score (nSPS) is 10.5. The second-order valence-corrected chi connectivity index (χ2v) is 4.24. The summed E-state index contributed by atoms with van der Waals surface area (Å²) in [6.07, 6.45) is 2.20. The molecule has 0 radical (unpaired) electrons. The average Bonchev–Trinajstić information content (AvgIpc) is 2.66. The molecule has 6 nitrogen and oxygen atoms in total. The third-order valence-electron chi connectivity index (χ3n) is 2.73. The van der Waals surface area contributed by atoms with E-state index in [4.69, 9.17) is 4.74 Å². The lowest BCUT2D eigenvalue weighted by atomic mass is 10.2. The van der Waals surface area contributed by atoms with Gasteiger partial charge in [-0.05, 0) is 6.42 Å². The average molecular weight is 262 g/mol. The number of esters is 1. The van der Waals surface area contributed by atoms with Crippen LogP contribution in [0.3, 0.4) is 0 Å². The third-order valence-corrected chi connectivity index (χ3v) is 2.73. The van der Waals surface area contributed by atoms with Crippen LogP contribution < -0.4 is 0 Å². The highest BCUT2D eigenvalue weighted by Crippen LogP contribution is 2.30. The van der Waals surface area contributed by atoms with Gasteiger partial charge in [0.15, 0.2) is 5.69 Å². The van der Waals surface area contributed by atoms with E-state index in [9.17, 15) is 10.1 Å². The van der Waals surface area contributed by atoms with Gasteiger partial charge in [0, 0.05) is 26.8 Å². The molecular weight excluding hydrogens is 244 g/mol. The number of aliphatic imine (C=N–C) groups is 1. The van der Waals surface area contributed by atoms with Crippen LogP contribution in [0.1, 0.15) is 28.7 Å². The number of carbonyl (C=O) groups excluding carboxylic acids is 1. The summed E-state index contributed by atoms with van der Waals surface area (Å²) in [6, 6.07) is 2.12. The summed E-state index contributed by atoms with van der Waals surface area (Å²) in [6.45, 7) is 1.93. The van der Waals surface area contributed by atoms with Crippen molar-refractivity contribution in [2.24, 2.45) is 12.0 Å². The van der Waals surface area contributed by atoms with Gasteiger partial charge in [-0.3, -0.25) is 0 Å². The van der Waals surface area contributed by atoms with Crippen molar-refractivity contribution in [2.75, 3.05) is 21.2 Å². The van der Waals surface area contributed by atoms with Gasteiger partial charge in [-0.15, -0.1) is 0 Å². The number of nitrogens with zero attached hydrogens (tertiary/aromatic N) is 4. The van der Waals surface area contributed by atoms with Gasteiger partial charge in [0.05, 0.1) is 19.0 Å². The van der Waals surface area contributed by atoms with Crippen LogP contribution in [0.5, 0.6) is 0 Å². The zero-order chi connectivity index (χ0) is 14.6. The molecule has 0 aromatic carbocycles. The van der Waals surface area contributed by atoms with Crippen molar-refractivity contribution in [3.8, 4) is 6.07 Å². The van der Waals surface area contributed by atoms with Gasteiger partial charge >= 0.3 is 5.97 Å². The highest BCUT2D eigenvalue weighted by atomic mass is 16.5. The summed E-state index contributed by atoms with van der Waals surface area (Å²) >= 11 is 0.